The van der Waals surface area contributed by atoms with Crippen molar-refractivity contribution in [1.29, 1.82) is 0 Å². The van der Waals surface area contributed by atoms with Crippen molar-refractivity contribution in [1.82, 2.24) is 0 Å². The van der Waals surface area contributed by atoms with E-state index < -0.39 is 27.3 Å². The lowest BCUT2D eigenvalue weighted by molar-refractivity contribution is -0.116. The lowest BCUT2D eigenvalue weighted by Gasteiger charge is -2.21. The van der Waals surface area contributed by atoms with Crippen molar-refractivity contribution in [3.8, 4) is 0 Å². The molecule has 0 aliphatic carbocycles. The third kappa shape index (κ3) is 4.48. The van der Waals surface area contributed by atoms with Crippen LogP contribution in [0.3, 0.4) is 0 Å². The molecule has 0 spiro atoms. The highest BCUT2D eigenvalue weighted by Crippen LogP contribution is 2.36. The highest BCUT2D eigenvalue weighted by molar-refractivity contribution is 8.01. The normalized spacial score (nSPS) is 16.4. The zero-order chi connectivity index (χ0) is 19.6. The summed E-state index contributed by atoms with van der Waals surface area (Å²) in [5, 5.41) is 4.79. The second-order valence-electron chi connectivity index (χ2n) is 6.00. The van der Waals surface area contributed by atoms with Gasteiger partial charge in [-0.15, -0.1) is 11.8 Å². The van der Waals surface area contributed by atoms with Crippen LogP contribution in [0.5, 0.6) is 0 Å². The van der Waals surface area contributed by atoms with Crippen molar-refractivity contribution in [2.75, 3.05) is 16.4 Å². The molecule has 27 heavy (non-hydrogen) atoms. The van der Waals surface area contributed by atoms with Gasteiger partial charge in [-0.25, -0.2) is 12.8 Å². The summed E-state index contributed by atoms with van der Waals surface area (Å²) in [6.07, 6.45) is -0.314. The number of carbonyl (C=O) groups is 2. The molecule has 0 saturated heterocycles. The highest BCUT2D eigenvalue weighted by Gasteiger charge is 2.25. The molecule has 142 valence electrons. The third-order valence-corrected chi connectivity index (χ3v) is 6.88. The average molecular weight is 408 g/mol. The maximum atomic E-state index is 13.5. The molecule has 2 N–H and O–H groups in total. The Morgan fingerprint density at radius 3 is 2.74 bits per heavy atom. The minimum Gasteiger partial charge on any atom is -0.324 e. The van der Waals surface area contributed by atoms with E-state index in [1.807, 2.05) is 0 Å². The Kier molecular flexibility index (Phi) is 5.52. The maximum Gasteiger partial charge on any atom is 0.237 e. The molecular formula is C18H17FN2O4S2. The third-order valence-electron chi connectivity index (χ3n) is 3.99. The highest BCUT2D eigenvalue weighted by atomic mass is 32.2. The number of para-hydroxylation sites is 1. The van der Waals surface area contributed by atoms with Gasteiger partial charge >= 0.3 is 0 Å². The average Bonchev–Trinajstić information content (AvgIpc) is 2.62. The largest absolute Gasteiger partial charge is 0.324 e. The predicted molar refractivity (Wildman–Crippen MR) is 102 cm³/mol. The minimum absolute atomic E-state index is 0.00235. The number of amides is 2. The molecule has 0 saturated carbocycles. The molecule has 9 heteroatoms. The van der Waals surface area contributed by atoms with Crippen molar-refractivity contribution in [3.63, 3.8) is 0 Å². The number of anilines is 2. The fraction of sp³-hybridized carbons (Fsp3) is 0.222. The number of hydrogen-bond acceptors (Lipinski definition) is 5. The summed E-state index contributed by atoms with van der Waals surface area (Å²) in [4.78, 5) is 24.5. The first-order chi connectivity index (χ1) is 12.8. The molecule has 3 rings (SSSR count). The lowest BCUT2D eigenvalue weighted by atomic mass is 10.3. The lowest BCUT2D eigenvalue weighted by Crippen LogP contribution is -2.26. The molecule has 0 fully saturated rings. The summed E-state index contributed by atoms with van der Waals surface area (Å²) in [6, 6.07) is 10.1. The van der Waals surface area contributed by atoms with Crippen LogP contribution >= 0.6 is 11.8 Å². The number of nitrogens with one attached hydrogen (secondary N) is 2. The number of halogens is 1. The summed E-state index contributed by atoms with van der Waals surface area (Å²) in [5.74, 6) is -1.81. The molecule has 0 unspecified atom stereocenters. The Hall–Kier alpha value is -2.39. The van der Waals surface area contributed by atoms with E-state index in [0.29, 0.717) is 5.69 Å². The molecule has 2 amide bonds. The van der Waals surface area contributed by atoms with Crippen LogP contribution in [-0.2, 0) is 19.4 Å². The summed E-state index contributed by atoms with van der Waals surface area (Å²) in [5.41, 5.74) is 0.447. The van der Waals surface area contributed by atoms with Crippen molar-refractivity contribution < 1.29 is 22.4 Å². The van der Waals surface area contributed by atoms with E-state index in [-0.39, 0.29) is 28.2 Å². The fourth-order valence-corrected chi connectivity index (χ4v) is 4.69. The summed E-state index contributed by atoms with van der Waals surface area (Å²) in [7, 11) is -3.74. The number of fused-ring (bicyclic) bond motifs is 1. The Balaban J connectivity index is 1.68. The van der Waals surface area contributed by atoms with Crippen LogP contribution in [-0.4, -0.2) is 31.2 Å². The van der Waals surface area contributed by atoms with Gasteiger partial charge in [-0.2, -0.15) is 0 Å². The van der Waals surface area contributed by atoms with Gasteiger partial charge in [-0.05, 0) is 37.3 Å². The number of thioether (sulfide) groups is 1. The molecule has 2 aromatic carbocycles. The van der Waals surface area contributed by atoms with Gasteiger partial charge in [-0.1, -0.05) is 12.1 Å². The van der Waals surface area contributed by atoms with E-state index in [0.717, 1.165) is 4.90 Å². The molecule has 6 nitrogen and oxygen atoms in total. The summed E-state index contributed by atoms with van der Waals surface area (Å²) < 4.78 is 38.6. The van der Waals surface area contributed by atoms with Gasteiger partial charge in [0.15, 0.2) is 9.84 Å². The van der Waals surface area contributed by atoms with Gasteiger partial charge < -0.3 is 10.6 Å². The van der Waals surface area contributed by atoms with Crippen LogP contribution in [0.2, 0.25) is 0 Å². The number of hydrogen-bond donors (Lipinski definition) is 2. The van der Waals surface area contributed by atoms with Gasteiger partial charge in [0, 0.05) is 11.3 Å². The van der Waals surface area contributed by atoms with Gasteiger partial charge in [0.05, 0.1) is 27.3 Å². The first-order valence-corrected chi connectivity index (χ1v) is 10.7. The van der Waals surface area contributed by atoms with E-state index in [9.17, 15) is 22.4 Å². The minimum atomic E-state index is -3.74. The summed E-state index contributed by atoms with van der Waals surface area (Å²) >= 11 is 1.35. The summed E-state index contributed by atoms with van der Waals surface area (Å²) in [6.45, 7) is 1.77. The van der Waals surface area contributed by atoms with Crippen LogP contribution in [0, 0.1) is 5.82 Å². The zero-order valence-corrected chi connectivity index (χ0v) is 16.0. The zero-order valence-electron chi connectivity index (χ0n) is 14.4. The molecule has 0 aromatic heterocycles. The molecule has 0 bridgehead atoms. The molecule has 2 aromatic rings. The van der Waals surface area contributed by atoms with Crippen LogP contribution in [0.25, 0.3) is 0 Å². The topological polar surface area (TPSA) is 92.3 Å². The van der Waals surface area contributed by atoms with E-state index in [4.69, 9.17) is 0 Å². The molecule has 0 radical (unpaired) electrons. The van der Waals surface area contributed by atoms with Gasteiger partial charge in [0.1, 0.15) is 5.82 Å². The first kappa shape index (κ1) is 19.4. The van der Waals surface area contributed by atoms with Crippen LogP contribution in [0.15, 0.2) is 52.3 Å². The smallest absolute Gasteiger partial charge is 0.237 e. The maximum absolute atomic E-state index is 13.5. The molecule has 1 aliphatic rings. The molecular weight excluding hydrogens is 391 g/mol. The van der Waals surface area contributed by atoms with E-state index in [1.54, 1.807) is 19.1 Å². The quantitative estimate of drug-likeness (QED) is 0.793. The first-order valence-electron chi connectivity index (χ1n) is 8.15. The van der Waals surface area contributed by atoms with Crippen molar-refractivity contribution >= 4 is 44.8 Å². The molecule has 1 atom stereocenters. The van der Waals surface area contributed by atoms with E-state index >= 15 is 0 Å². The monoisotopic (exact) mass is 408 g/mol. The Morgan fingerprint density at radius 2 is 2.00 bits per heavy atom. The predicted octanol–water partition coefficient (Wildman–Crippen LogP) is 3.06. The van der Waals surface area contributed by atoms with Gasteiger partial charge in [-0.3, -0.25) is 9.59 Å². The second-order valence-corrected chi connectivity index (χ2v) is 9.50. The van der Waals surface area contributed by atoms with Gasteiger partial charge in [0.25, 0.3) is 0 Å². The standard InChI is InChI=1S/C18H17FN2O4S2/c1-11-18(23)21-15-10-12(6-7-16(15)26-11)27(24,25)9-8-17(22)20-14-5-3-2-4-13(14)19/h2-7,10-11H,8-9H2,1H3,(H,20,22)(H,21,23)/t11-/m1/s1. The number of sulfone groups is 1. The van der Waals surface area contributed by atoms with Crippen LogP contribution < -0.4 is 10.6 Å². The Bertz CT molecular complexity index is 1010. The second kappa shape index (κ2) is 7.69. The van der Waals surface area contributed by atoms with E-state index in [2.05, 4.69) is 10.6 Å². The van der Waals surface area contributed by atoms with Gasteiger partial charge in [0.2, 0.25) is 11.8 Å². The Morgan fingerprint density at radius 1 is 1.26 bits per heavy atom. The van der Waals surface area contributed by atoms with Crippen molar-refractivity contribution in [2.45, 2.75) is 28.4 Å². The van der Waals surface area contributed by atoms with E-state index in [1.165, 1.54) is 42.1 Å². The SMILES string of the molecule is C[C@H]1Sc2ccc(S(=O)(=O)CCC(=O)Nc3ccccc3F)cc2NC1=O. The molecule has 1 aliphatic heterocycles. The number of rotatable bonds is 5. The molecule has 1 heterocycles. The van der Waals surface area contributed by atoms with Crippen LogP contribution in [0.4, 0.5) is 15.8 Å². The van der Waals surface area contributed by atoms with Crippen LogP contribution in [0.1, 0.15) is 13.3 Å². The number of carbonyl (C=O) groups excluding carboxylic acids is 2. The Labute approximate surface area is 160 Å². The van der Waals surface area contributed by atoms with Crippen molar-refractivity contribution in [3.05, 3.63) is 48.3 Å². The fourth-order valence-electron chi connectivity index (χ4n) is 2.50. The van der Waals surface area contributed by atoms with Crippen molar-refractivity contribution in [2.24, 2.45) is 0 Å². The number of benzene rings is 2.